The van der Waals surface area contributed by atoms with Gasteiger partial charge in [-0.1, -0.05) is 110 Å². The number of aryl methyl sites for hydroxylation is 1. The number of ether oxygens (including phenoxy) is 2. The molecule has 5 aromatic rings. The zero-order valence-electron chi connectivity index (χ0n) is 25.7. The molecule has 1 aliphatic rings. The molecule has 1 saturated heterocycles. The Morgan fingerprint density at radius 2 is 1.59 bits per heavy atom. The van der Waals surface area contributed by atoms with Crippen LogP contribution >= 0.6 is 11.8 Å². The molecule has 0 spiro atoms. The summed E-state index contributed by atoms with van der Waals surface area (Å²) in [6.45, 7) is 2.30. The number of nitrogens with zero attached hydrogens (tertiary/aromatic N) is 2. The molecule has 0 unspecified atom stereocenters. The van der Waals surface area contributed by atoms with Crippen molar-refractivity contribution < 1.29 is 23.0 Å². The van der Waals surface area contributed by atoms with Gasteiger partial charge in [0.1, 0.15) is 0 Å². The predicted octanol–water partition coefficient (Wildman–Crippen LogP) is 6.64. The molecule has 2 heterocycles. The van der Waals surface area contributed by atoms with E-state index in [2.05, 4.69) is 16.6 Å². The van der Waals surface area contributed by atoms with Crippen LogP contribution in [0.1, 0.15) is 41.6 Å². The fourth-order valence-electron chi connectivity index (χ4n) is 5.59. The Bertz CT molecular complexity index is 1850. The zero-order chi connectivity index (χ0) is 32.1. The molecule has 0 saturated carbocycles. The van der Waals surface area contributed by atoms with Crippen molar-refractivity contribution in [2.24, 2.45) is 13.0 Å². The van der Waals surface area contributed by atoms with Gasteiger partial charge in [0, 0.05) is 43.2 Å². The molecule has 2 N–H and O–H groups in total. The monoisotopic (exact) mass is 655 g/mol. The van der Waals surface area contributed by atoms with E-state index in [1.807, 2.05) is 90.6 Å². The Morgan fingerprint density at radius 1 is 0.891 bits per heavy atom. The third-order valence-electron chi connectivity index (χ3n) is 8.29. The molecule has 1 aromatic heterocycles. The second kappa shape index (κ2) is 14.3. The number of hydrogen-bond donors (Lipinski definition) is 2. The minimum absolute atomic E-state index is 0.00952. The minimum Gasteiger partial charge on any atom is -0.392 e. The van der Waals surface area contributed by atoms with Crippen LogP contribution in [0.25, 0.3) is 11.1 Å². The van der Waals surface area contributed by atoms with Gasteiger partial charge in [0.05, 0.1) is 23.7 Å². The molecule has 4 atom stereocenters. The van der Waals surface area contributed by atoms with Crippen molar-refractivity contribution in [2.75, 3.05) is 5.75 Å². The van der Waals surface area contributed by atoms with Crippen LogP contribution < -0.4 is 4.72 Å². The summed E-state index contributed by atoms with van der Waals surface area (Å²) >= 11 is 1.66. The lowest BCUT2D eigenvalue weighted by atomic mass is 9.91. The lowest BCUT2D eigenvalue weighted by Crippen LogP contribution is -2.38. The van der Waals surface area contributed by atoms with Crippen LogP contribution in [0.15, 0.2) is 126 Å². The SMILES string of the molecule is C[C@H]1[C@@H](CSc2nccn2C)O[C@@H](c2ccc(-c3ccccc3CNS(=O)(=O)c3ccccc3)cc2)O[C@H]1c1ccc(CO)cc1. The summed E-state index contributed by atoms with van der Waals surface area (Å²) in [7, 11) is -1.66. The molecule has 1 fully saturated rings. The molecule has 10 heteroatoms. The first-order valence-corrected chi connectivity index (χ1v) is 17.6. The fraction of sp³-hybridized carbons (Fsp3) is 0.250. The molecular weight excluding hydrogens is 619 g/mol. The lowest BCUT2D eigenvalue weighted by Gasteiger charge is -2.41. The molecule has 0 radical (unpaired) electrons. The topological polar surface area (TPSA) is 103 Å². The van der Waals surface area contributed by atoms with Gasteiger partial charge in [-0.15, -0.1) is 0 Å². The van der Waals surface area contributed by atoms with Gasteiger partial charge >= 0.3 is 0 Å². The summed E-state index contributed by atoms with van der Waals surface area (Å²) in [6.07, 6.45) is 2.82. The van der Waals surface area contributed by atoms with Crippen LogP contribution in [0.5, 0.6) is 0 Å². The highest BCUT2D eigenvalue weighted by atomic mass is 32.2. The molecule has 0 aliphatic carbocycles. The fourth-order valence-corrected chi connectivity index (χ4v) is 7.71. The first-order chi connectivity index (χ1) is 22.3. The van der Waals surface area contributed by atoms with Gasteiger partial charge < -0.3 is 19.1 Å². The van der Waals surface area contributed by atoms with Gasteiger partial charge in [0.25, 0.3) is 0 Å². The highest BCUT2D eigenvalue weighted by Crippen LogP contribution is 2.43. The number of aliphatic hydroxyl groups excluding tert-OH is 1. The number of rotatable bonds is 11. The van der Waals surface area contributed by atoms with Crippen LogP contribution in [-0.2, 0) is 39.7 Å². The molecule has 4 aromatic carbocycles. The molecule has 46 heavy (non-hydrogen) atoms. The largest absolute Gasteiger partial charge is 0.392 e. The van der Waals surface area contributed by atoms with E-state index in [0.29, 0.717) is 5.75 Å². The normalized spacial score (nSPS) is 20.1. The van der Waals surface area contributed by atoms with Crippen molar-refractivity contribution in [2.45, 2.75) is 48.6 Å². The molecule has 6 rings (SSSR count). The Balaban J connectivity index is 1.22. The number of imidazole rings is 1. The Morgan fingerprint density at radius 3 is 2.28 bits per heavy atom. The van der Waals surface area contributed by atoms with E-state index < -0.39 is 16.3 Å². The van der Waals surface area contributed by atoms with E-state index in [4.69, 9.17) is 9.47 Å². The Hall–Kier alpha value is -3.77. The summed E-state index contributed by atoms with van der Waals surface area (Å²) in [6, 6.07) is 32.1. The number of aliphatic hydroxyl groups is 1. The van der Waals surface area contributed by atoms with Crippen molar-refractivity contribution in [3.63, 3.8) is 0 Å². The quantitative estimate of drug-likeness (QED) is 0.154. The number of benzene rings is 4. The zero-order valence-corrected chi connectivity index (χ0v) is 27.3. The summed E-state index contributed by atoms with van der Waals surface area (Å²) in [4.78, 5) is 4.70. The van der Waals surface area contributed by atoms with E-state index in [0.717, 1.165) is 38.5 Å². The molecular formula is C36H37N3O5S2. The van der Waals surface area contributed by atoms with Gasteiger partial charge in [-0.2, -0.15) is 0 Å². The summed E-state index contributed by atoms with van der Waals surface area (Å²) in [5, 5.41) is 10.5. The molecule has 238 valence electrons. The van der Waals surface area contributed by atoms with Crippen molar-refractivity contribution in [3.8, 4) is 11.1 Å². The Kier molecular flexibility index (Phi) is 10.0. The van der Waals surface area contributed by atoms with Crippen LogP contribution in [-0.4, -0.2) is 34.9 Å². The van der Waals surface area contributed by atoms with Gasteiger partial charge in [-0.3, -0.25) is 0 Å². The molecule has 0 bridgehead atoms. The third kappa shape index (κ3) is 7.28. The summed E-state index contributed by atoms with van der Waals surface area (Å²) in [5.74, 6) is 0.774. The maximum atomic E-state index is 12.9. The third-order valence-corrected chi connectivity index (χ3v) is 10.9. The van der Waals surface area contributed by atoms with Crippen molar-refractivity contribution in [1.82, 2.24) is 14.3 Å². The van der Waals surface area contributed by atoms with Crippen LogP contribution in [0.3, 0.4) is 0 Å². The van der Waals surface area contributed by atoms with E-state index in [1.165, 1.54) is 0 Å². The average Bonchev–Trinajstić information content (AvgIpc) is 3.52. The number of nitrogens with one attached hydrogen (secondary N) is 1. The lowest BCUT2D eigenvalue weighted by molar-refractivity contribution is -0.268. The molecule has 1 aliphatic heterocycles. The number of aromatic nitrogens is 2. The predicted molar refractivity (Wildman–Crippen MR) is 179 cm³/mol. The smallest absolute Gasteiger partial charge is 0.240 e. The van der Waals surface area contributed by atoms with Crippen LogP contribution in [0.2, 0.25) is 0 Å². The first kappa shape index (κ1) is 32.2. The van der Waals surface area contributed by atoms with Gasteiger partial charge in [0.15, 0.2) is 11.4 Å². The van der Waals surface area contributed by atoms with Gasteiger partial charge in [0.2, 0.25) is 10.0 Å². The number of hydrogen-bond acceptors (Lipinski definition) is 7. The summed E-state index contributed by atoms with van der Waals surface area (Å²) < 4.78 is 43.7. The first-order valence-electron chi connectivity index (χ1n) is 15.2. The minimum atomic E-state index is -3.64. The second-order valence-electron chi connectivity index (χ2n) is 11.4. The highest BCUT2D eigenvalue weighted by Gasteiger charge is 2.38. The van der Waals surface area contributed by atoms with E-state index in [1.54, 1.807) is 48.3 Å². The Labute approximate surface area is 274 Å². The van der Waals surface area contributed by atoms with Gasteiger partial charge in [-0.25, -0.2) is 18.1 Å². The van der Waals surface area contributed by atoms with Crippen molar-refractivity contribution >= 4 is 21.8 Å². The van der Waals surface area contributed by atoms with Gasteiger partial charge in [-0.05, 0) is 39.9 Å². The van der Waals surface area contributed by atoms with Crippen LogP contribution in [0, 0.1) is 5.92 Å². The number of thioether (sulfide) groups is 1. The maximum absolute atomic E-state index is 12.9. The van der Waals surface area contributed by atoms with E-state index in [9.17, 15) is 13.5 Å². The highest BCUT2D eigenvalue weighted by molar-refractivity contribution is 7.99. The summed E-state index contributed by atoms with van der Waals surface area (Å²) in [5.41, 5.74) is 5.54. The van der Waals surface area contributed by atoms with Crippen molar-refractivity contribution in [3.05, 3.63) is 138 Å². The second-order valence-corrected chi connectivity index (χ2v) is 14.1. The average molecular weight is 656 g/mol. The van der Waals surface area contributed by atoms with E-state index >= 15 is 0 Å². The molecule has 8 nitrogen and oxygen atoms in total. The van der Waals surface area contributed by atoms with Crippen molar-refractivity contribution in [1.29, 1.82) is 0 Å². The molecule has 0 amide bonds. The van der Waals surface area contributed by atoms with Crippen LogP contribution in [0.4, 0.5) is 0 Å². The standard InChI is InChI=1S/C36H37N3O5S2/c1-25-33(24-45-36-37-20-21-39(36)2)43-35(44-34(25)28-14-12-26(23-40)13-15-28)29-18-16-27(17-19-29)32-11-7-6-8-30(32)22-38-46(41,42)31-9-4-3-5-10-31/h3-21,25,33-35,38,40H,22-24H2,1-2H3/t25-,33+,34+,35+/m0/s1. The maximum Gasteiger partial charge on any atom is 0.240 e. The number of sulfonamides is 1. The van der Waals surface area contributed by atoms with E-state index in [-0.39, 0.29) is 36.2 Å².